The Labute approximate surface area is 108 Å². The van der Waals surface area contributed by atoms with E-state index in [2.05, 4.69) is 5.10 Å². The number of ether oxygens (including phenoxy) is 1. The summed E-state index contributed by atoms with van der Waals surface area (Å²) < 4.78 is 7.25. The van der Waals surface area contributed by atoms with E-state index in [9.17, 15) is 4.79 Å². The van der Waals surface area contributed by atoms with Crippen LogP contribution in [-0.4, -0.2) is 22.4 Å². The van der Waals surface area contributed by atoms with Gasteiger partial charge >= 0.3 is 5.97 Å². The molecule has 0 aliphatic rings. The molecule has 0 saturated heterocycles. The number of carbonyl (C=O) groups is 1. The summed E-state index contributed by atoms with van der Waals surface area (Å²) in [5, 5.41) is 4.21. The quantitative estimate of drug-likeness (QED) is 0.676. The number of halogens is 1. The lowest BCUT2D eigenvalue weighted by Crippen LogP contribution is -2.11. The van der Waals surface area contributed by atoms with Gasteiger partial charge in [0.15, 0.2) is 5.69 Å². The van der Waals surface area contributed by atoms with Gasteiger partial charge < -0.3 is 10.5 Å². The van der Waals surface area contributed by atoms with E-state index in [0.717, 1.165) is 6.42 Å². The first-order chi connectivity index (χ1) is 7.52. The van der Waals surface area contributed by atoms with Crippen molar-refractivity contribution in [3.05, 3.63) is 9.26 Å². The van der Waals surface area contributed by atoms with Gasteiger partial charge in [-0.3, -0.25) is 0 Å². The van der Waals surface area contributed by atoms with Gasteiger partial charge in [0.05, 0.1) is 16.2 Å². The van der Waals surface area contributed by atoms with Crippen molar-refractivity contribution in [2.75, 3.05) is 12.3 Å². The molecule has 90 valence electrons. The first-order valence-corrected chi connectivity index (χ1v) is 6.31. The Morgan fingerprint density at radius 3 is 2.75 bits per heavy atom. The molecular weight excluding hydrogens is 321 g/mol. The van der Waals surface area contributed by atoms with Crippen molar-refractivity contribution in [2.24, 2.45) is 0 Å². The molecule has 1 atom stereocenters. The van der Waals surface area contributed by atoms with E-state index in [4.69, 9.17) is 10.5 Å². The maximum atomic E-state index is 11.6. The molecule has 0 unspecified atom stereocenters. The number of rotatable bonds is 4. The van der Waals surface area contributed by atoms with E-state index >= 15 is 0 Å². The van der Waals surface area contributed by atoms with Crippen LogP contribution in [0.25, 0.3) is 0 Å². The fraction of sp³-hybridized carbons (Fsp3) is 0.600. The zero-order valence-electron chi connectivity index (χ0n) is 9.66. The summed E-state index contributed by atoms with van der Waals surface area (Å²) in [7, 11) is 0. The van der Waals surface area contributed by atoms with Crippen molar-refractivity contribution >= 4 is 34.4 Å². The molecule has 0 radical (unpaired) electrons. The Kier molecular flexibility index (Phi) is 4.57. The highest BCUT2D eigenvalue weighted by Crippen LogP contribution is 2.24. The van der Waals surface area contributed by atoms with Gasteiger partial charge in [-0.25, -0.2) is 9.48 Å². The summed E-state index contributed by atoms with van der Waals surface area (Å²) in [6, 6.07) is 0.177. The number of nitrogens with two attached hydrogens (primary N) is 1. The van der Waals surface area contributed by atoms with Crippen molar-refractivity contribution in [3.63, 3.8) is 0 Å². The van der Waals surface area contributed by atoms with E-state index in [0.29, 0.717) is 21.7 Å². The maximum absolute atomic E-state index is 11.6. The molecule has 0 bridgehead atoms. The van der Waals surface area contributed by atoms with Crippen LogP contribution in [0.2, 0.25) is 0 Å². The summed E-state index contributed by atoms with van der Waals surface area (Å²) >= 11 is 2.02. The van der Waals surface area contributed by atoms with Crippen LogP contribution in [0.15, 0.2) is 0 Å². The van der Waals surface area contributed by atoms with Gasteiger partial charge in [0.2, 0.25) is 0 Å². The van der Waals surface area contributed by atoms with Crippen LogP contribution < -0.4 is 5.73 Å². The first-order valence-electron chi connectivity index (χ1n) is 5.23. The lowest BCUT2D eigenvalue weighted by atomic mass is 10.3. The highest BCUT2D eigenvalue weighted by molar-refractivity contribution is 14.1. The SMILES string of the molecule is CCOC(=O)c1nn([C@@H](C)CC)c(N)c1I. The third-order valence-electron chi connectivity index (χ3n) is 2.36. The minimum atomic E-state index is -0.416. The molecule has 6 heteroatoms. The summed E-state index contributed by atoms with van der Waals surface area (Å²) in [5.74, 6) is 0.110. The van der Waals surface area contributed by atoms with Gasteiger partial charge in [-0.2, -0.15) is 5.10 Å². The number of hydrogen-bond acceptors (Lipinski definition) is 4. The summed E-state index contributed by atoms with van der Waals surface area (Å²) in [6.45, 7) is 6.15. The second-order valence-electron chi connectivity index (χ2n) is 3.47. The second-order valence-corrected chi connectivity index (χ2v) is 4.55. The van der Waals surface area contributed by atoms with Crippen molar-refractivity contribution in [2.45, 2.75) is 33.2 Å². The minimum absolute atomic E-state index is 0.177. The van der Waals surface area contributed by atoms with E-state index in [1.807, 2.05) is 36.4 Å². The number of anilines is 1. The van der Waals surface area contributed by atoms with E-state index in [-0.39, 0.29) is 6.04 Å². The minimum Gasteiger partial charge on any atom is -0.461 e. The van der Waals surface area contributed by atoms with Gasteiger partial charge in [-0.1, -0.05) is 6.92 Å². The average Bonchev–Trinajstić information content (AvgIpc) is 2.56. The largest absolute Gasteiger partial charge is 0.461 e. The van der Waals surface area contributed by atoms with Gasteiger partial charge in [0, 0.05) is 0 Å². The van der Waals surface area contributed by atoms with E-state index < -0.39 is 5.97 Å². The number of nitrogen functional groups attached to an aromatic ring is 1. The van der Waals surface area contributed by atoms with Crippen LogP contribution in [0, 0.1) is 3.57 Å². The van der Waals surface area contributed by atoms with Gasteiger partial charge in [0.1, 0.15) is 5.82 Å². The highest BCUT2D eigenvalue weighted by atomic mass is 127. The van der Waals surface area contributed by atoms with Crippen molar-refractivity contribution < 1.29 is 9.53 Å². The van der Waals surface area contributed by atoms with Crippen LogP contribution in [0.3, 0.4) is 0 Å². The van der Waals surface area contributed by atoms with Crippen molar-refractivity contribution in [1.29, 1.82) is 0 Å². The predicted molar refractivity (Wildman–Crippen MR) is 70.3 cm³/mol. The molecule has 1 aromatic rings. The summed E-state index contributed by atoms with van der Waals surface area (Å²) in [4.78, 5) is 11.6. The summed E-state index contributed by atoms with van der Waals surface area (Å²) in [5.41, 5.74) is 6.20. The molecule has 16 heavy (non-hydrogen) atoms. The zero-order valence-corrected chi connectivity index (χ0v) is 11.8. The van der Waals surface area contributed by atoms with Crippen LogP contribution in [-0.2, 0) is 4.74 Å². The Hall–Kier alpha value is -0.790. The van der Waals surface area contributed by atoms with Crippen LogP contribution in [0.1, 0.15) is 43.7 Å². The molecule has 0 amide bonds. The lowest BCUT2D eigenvalue weighted by molar-refractivity contribution is 0.0517. The van der Waals surface area contributed by atoms with Crippen LogP contribution >= 0.6 is 22.6 Å². The molecule has 0 aliphatic carbocycles. The number of nitrogens with zero attached hydrogens (tertiary/aromatic N) is 2. The van der Waals surface area contributed by atoms with E-state index in [1.165, 1.54) is 0 Å². The molecule has 0 spiro atoms. The molecule has 1 heterocycles. The number of esters is 1. The first kappa shape index (κ1) is 13.3. The Balaban J connectivity index is 3.09. The molecule has 0 fully saturated rings. The molecule has 0 saturated carbocycles. The Morgan fingerprint density at radius 2 is 2.25 bits per heavy atom. The van der Waals surface area contributed by atoms with Crippen molar-refractivity contribution in [3.8, 4) is 0 Å². The number of hydrogen-bond donors (Lipinski definition) is 1. The lowest BCUT2D eigenvalue weighted by Gasteiger charge is -2.10. The molecule has 5 nitrogen and oxygen atoms in total. The van der Waals surface area contributed by atoms with Crippen LogP contribution in [0.4, 0.5) is 5.82 Å². The predicted octanol–water partition coefficient (Wildman–Crippen LogP) is 2.22. The molecular formula is C10H16IN3O2. The third kappa shape index (κ3) is 2.47. The van der Waals surface area contributed by atoms with Gasteiger partial charge in [-0.05, 0) is 42.9 Å². The molecule has 1 rings (SSSR count). The van der Waals surface area contributed by atoms with Gasteiger partial charge in [-0.15, -0.1) is 0 Å². The normalized spacial score (nSPS) is 12.5. The maximum Gasteiger partial charge on any atom is 0.360 e. The Morgan fingerprint density at radius 1 is 1.62 bits per heavy atom. The molecule has 0 aliphatic heterocycles. The molecule has 0 aromatic carbocycles. The number of aromatic nitrogens is 2. The van der Waals surface area contributed by atoms with Crippen LogP contribution in [0.5, 0.6) is 0 Å². The third-order valence-corrected chi connectivity index (χ3v) is 3.43. The standard InChI is InChI=1S/C10H16IN3O2/c1-4-6(3)14-9(12)7(11)8(13-14)10(15)16-5-2/h6H,4-5,12H2,1-3H3/t6-/m0/s1. The Bertz CT molecular complexity index is 390. The van der Waals surface area contributed by atoms with Crippen molar-refractivity contribution in [1.82, 2.24) is 9.78 Å². The van der Waals surface area contributed by atoms with Gasteiger partial charge in [0.25, 0.3) is 0 Å². The topological polar surface area (TPSA) is 70.1 Å². The second kappa shape index (κ2) is 5.51. The fourth-order valence-electron chi connectivity index (χ4n) is 1.27. The summed E-state index contributed by atoms with van der Waals surface area (Å²) in [6.07, 6.45) is 0.907. The monoisotopic (exact) mass is 337 g/mol. The number of carbonyl (C=O) groups excluding carboxylic acids is 1. The fourth-order valence-corrected chi connectivity index (χ4v) is 1.84. The smallest absolute Gasteiger partial charge is 0.360 e. The average molecular weight is 337 g/mol. The van der Waals surface area contributed by atoms with E-state index in [1.54, 1.807) is 11.6 Å². The highest BCUT2D eigenvalue weighted by Gasteiger charge is 2.22. The molecule has 1 aromatic heterocycles. The molecule has 2 N–H and O–H groups in total. The zero-order chi connectivity index (χ0) is 12.3.